The number of rotatable bonds is 0. The first-order chi connectivity index (χ1) is 8.70. The Morgan fingerprint density at radius 2 is 2.17 bits per heavy atom. The summed E-state index contributed by atoms with van der Waals surface area (Å²) in [7, 11) is 0. The number of fused-ring (bicyclic) bond motifs is 5. The van der Waals surface area contributed by atoms with Gasteiger partial charge in [0.1, 0.15) is 5.78 Å². The van der Waals surface area contributed by atoms with Crippen LogP contribution in [-0.2, 0) is 16.6 Å². The lowest BCUT2D eigenvalue weighted by molar-refractivity contribution is -0.126. The summed E-state index contributed by atoms with van der Waals surface area (Å²) in [6.45, 7) is 0. The van der Waals surface area contributed by atoms with Gasteiger partial charge in [0, 0.05) is 11.4 Å². The van der Waals surface area contributed by atoms with Gasteiger partial charge in [0.2, 0.25) is 0 Å². The molecule has 1 nitrogen and oxygen atoms in total. The Labute approximate surface area is 112 Å². The summed E-state index contributed by atoms with van der Waals surface area (Å²) < 4.78 is 0. The molecule has 0 radical (unpaired) electrons. The Balaban J connectivity index is 1.96. The topological polar surface area (TPSA) is 17.1 Å². The molecule has 1 aromatic rings. The number of carbonyl (C=O) groups excluding carboxylic acids is 1. The second kappa shape index (κ2) is 3.48. The second-order valence-electron chi connectivity index (χ2n) is 5.87. The highest BCUT2D eigenvalue weighted by Crippen LogP contribution is 2.57. The zero-order chi connectivity index (χ0) is 12.3. The Kier molecular flexibility index (Phi) is 2.09. The first-order valence-electron chi connectivity index (χ1n) is 6.70. The second-order valence-corrected chi connectivity index (χ2v) is 6.31. The number of aryl methyl sites for hydroxylation is 1. The Morgan fingerprint density at radius 3 is 2.89 bits per heavy atom. The van der Waals surface area contributed by atoms with Gasteiger partial charge >= 0.3 is 0 Å². The first-order valence-corrected chi connectivity index (χ1v) is 7.08. The fourth-order valence-electron chi connectivity index (χ4n) is 4.26. The Morgan fingerprint density at radius 1 is 1.28 bits per heavy atom. The molecule has 2 atom stereocenters. The third kappa shape index (κ3) is 1.21. The van der Waals surface area contributed by atoms with E-state index < -0.39 is 0 Å². The molecule has 3 aliphatic rings. The van der Waals surface area contributed by atoms with Gasteiger partial charge in [-0.3, -0.25) is 4.79 Å². The van der Waals surface area contributed by atoms with Crippen molar-refractivity contribution < 1.29 is 4.79 Å². The van der Waals surface area contributed by atoms with Crippen LogP contribution in [0.2, 0.25) is 5.02 Å². The van der Waals surface area contributed by atoms with E-state index in [9.17, 15) is 4.79 Å². The van der Waals surface area contributed by atoms with E-state index in [0.29, 0.717) is 18.1 Å². The van der Waals surface area contributed by atoms with Crippen molar-refractivity contribution in [2.45, 2.75) is 37.5 Å². The SMILES string of the molecule is O=C1CCc2ccc(Cl)cc2C12CC1=CCC2C1. The maximum absolute atomic E-state index is 12.6. The highest BCUT2D eigenvalue weighted by Gasteiger charge is 2.54. The number of allylic oxidation sites excluding steroid dienone is 2. The maximum atomic E-state index is 12.6. The molecule has 3 aliphatic carbocycles. The third-order valence-corrected chi connectivity index (χ3v) is 5.31. The number of halogens is 1. The van der Waals surface area contributed by atoms with Gasteiger partial charge < -0.3 is 0 Å². The summed E-state index contributed by atoms with van der Waals surface area (Å²) in [5.74, 6) is 0.947. The predicted molar refractivity (Wildman–Crippen MR) is 71.9 cm³/mol. The van der Waals surface area contributed by atoms with Crippen LogP contribution in [0.15, 0.2) is 29.8 Å². The van der Waals surface area contributed by atoms with Crippen molar-refractivity contribution in [3.05, 3.63) is 46.0 Å². The molecule has 0 N–H and O–H groups in total. The van der Waals surface area contributed by atoms with Crippen LogP contribution in [0.25, 0.3) is 0 Å². The first kappa shape index (κ1) is 10.8. The van der Waals surface area contributed by atoms with Crippen LogP contribution in [0.4, 0.5) is 0 Å². The number of carbonyl (C=O) groups is 1. The number of Topliss-reactive ketones (excluding diaryl/α,β-unsaturated/α-hetero) is 1. The monoisotopic (exact) mass is 258 g/mol. The van der Waals surface area contributed by atoms with E-state index in [-0.39, 0.29) is 5.41 Å². The van der Waals surface area contributed by atoms with Crippen LogP contribution in [0.5, 0.6) is 0 Å². The van der Waals surface area contributed by atoms with Crippen molar-refractivity contribution in [2.75, 3.05) is 0 Å². The molecule has 18 heavy (non-hydrogen) atoms. The average Bonchev–Trinajstić information content (AvgIpc) is 2.96. The summed E-state index contributed by atoms with van der Waals surface area (Å²) in [5.41, 5.74) is 3.84. The summed E-state index contributed by atoms with van der Waals surface area (Å²) in [6, 6.07) is 6.12. The van der Waals surface area contributed by atoms with E-state index in [1.165, 1.54) is 16.7 Å². The lowest BCUT2D eigenvalue weighted by Gasteiger charge is -2.40. The van der Waals surface area contributed by atoms with Crippen LogP contribution in [-0.4, -0.2) is 5.78 Å². The van der Waals surface area contributed by atoms with Crippen molar-refractivity contribution in [1.82, 2.24) is 0 Å². The van der Waals surface area contributed by atoms with E-state index in [1.807, 2.05) is 6.07 Å². The number of hydrogen-bond acceptors (Lipinski definition) is 1. The van der Waals surface area contributed by atoms with Crippen LogP contribution in [0, 0.1) is 5.92 Å². The largest absolute Gasteiger partial charge is 0.299 e. The quantitative estimate of drug-likeness (QED) is 0.647. The standard InChI is InChI=1S/C16H15ClO/c17-13-5-2-11-3-6-15(18)16(14(11)8-13)9-10-1-4-12(16)7-10/h1-2,5,8,12H,3-4,6-7,9H2. The fourth-order valence-corrected chi connectivity index (χ4v) is 4.43. The molecular formula is C16H15ClO. The van der Waals surface area contributed by atoms with Crippen molar-refractivity contribution in [3.63, 3.8) is 0 Å². The third-order valence-electron chi connectivity index (χ3n) is 5.07. The zero-order valence-corrected chi connectivity index (χ0v) is 11.0. The smallest absolute Gasteiger partial charge is 0.144 e. The summed E-state index contributed by atoms with van der Waals surface area (Å²) >= 11 is 6.16. The molecule has 1 saturated carbocycles. The van der Waals surface area contributed by atoms with E-state index in [2.05, 4.69) is 18.2 Å². The molecule has 1 aromatic carbocycles. The number of hydrogen-bond donors (Lipinski definition) is 0. The molecule has 92 valence electrons. The molecule has 2 heteroatoms. The van der Waals surface area contributed by atoms with Crippen LogP contribution >= 0.6 is 11.6 Å². The van der Waals surface area contributed by atoms with Gasteiger partial charge in [0.25, 0.3) is 0 Å². The minimum Gasteiger partial charge on any atom is -0.299 e. The van der Waals surface area contributed by atoms with Gasteiger partial charge in [-0.25, -0.2) is 0 Å². The van der Waals surface area contributed by atoms with Crippen molar-refractivity contribution >= 4 is 17.4 Å². The molecule has 0 amide bonds. The van der Waals surface area contributed by atoms with Gasteiger partial charge in [-0.15, -0.1) is 0 Å². The lowest BCUT2D eigenvalue weighted by atomic mass is 9.62. The van der Waals surface area contributed by atoms with Crippen LogP contribution in [0.3, 0.4) is 0 Å². The lowest BCUT2D eigenvalue weighted by Crippen LogP contribution is -2.43. The molecule has 0 saturated heterocycles. The molecule has 0 heterocycles. The van der Waals surface area contributed by atoms with Gasteiger partial charge in [0.05, 0.1) is 5.41 Å². The molecule has 0 aliphatic heterocycles. The van der Waals surface area contributed by atoms with Gasteiger partial charge in [0.15, 0.2) is 0 Å². The van der Waals surface area contributed by atoms with E-state index >= 15 is 0 Å². The van der Waals surface area contributed by atoms with Crippen LogP contribution in [0.1, 0.15) is 36.8 Å². The van der Waals surface area contributed by atoms with Crippen molar-refractivity contribution in [2.24, 2.45) is 5.92 Å². The normalized spacial score (nSPS) is 32.8. The minimum atomic E-state index is -0.220. The van der Waals surface area contributed by atoms with E-state index in [1.54, 1.807) is 0 Å². The molecule has 2 unspecified atom stereocenters. The van der Waals surface area contributed by atoms with Crippen molar-refractivity contribution in [3.8, 4) is 0 Å². The van der Waals surface area contributed by atoms with Crippen molar-refractivity contribution in [1.29, 1.82) is 0 Å². The molecular weight excluding hydrogens is 244 g/mol. The molecule has 1 spiro atoms. The van der Waals surface area contributed by atoms with Crippen LogP contribution < -0.4 is 0 Å². The number of benzene rings is 1. The summed E-state index contributed by atoms with van der Waals surface area (Å²) in [5, 5.41) is 0.763. The Hall–Kier alpha value is -1.08. The highest BCUT2D eigenvalue weighted by atomic mass is 35.5. The van der Waals surface area contributed by atoms with Gasteiger partial charge in [-0.05, 0) is 54.9 Å². The molecule has 2 bridgehead atoms. The van der Waals surface area contributed by atoms with Gasteiger partial charge in [-0.2, -0.15) is 0 Å². The van der Waals surface area contributed by atoms with E-state index in [0.717, 1.165) is 30.7 Å². The number of ketones is 1. The average molecular weight is 259 g/mol. The minimum absolute atomic E-state index is 0.220. The predicted octanol–water partition coefficient (Wildman–Crippen LogP) is 3.83. The summed E-state index contributed by atoms with van der Waals surface area (Å²) in [4.78, 5) is 12.6. The fraction of sp³-hybridized carbons (Fsp3) is 0.438. The highest BCUT2D eigenvalue weighted by molar-refractivity contribution is 6.30. The molecule has 4 rings (SSSR count). The maximum Gasteiger partial charge on any atom is 0.144 e. The zero-order valence-electron chi connectivity index (χ0n) is 10.2. The summed E-state index contributed by atoms with van der Waals surface area (Å²) in [6.07, 6.45) is 7.08. The molecule has 1 fully saturated rings. The Bertz CT molecular complexity index is 587. The van der Waals surface area contributed by atoms with Gasteiger partial charge in [-0.1, -0.05) is 29.3 Å². The van der Waals surface area contributed by atoms with E-state index in [4.69, 9.17) is 11.6 Å². The molecule has 0 aromatic heterocycles.